The lowest BCUT2D eigenvalue weighted by Crippen LogP contribution is -2.30. The van der Waals surface area contributed by atoms with Crippen LogP contribution in [0.1, 0.15) is 33.9 Å². The first-order valence-corrected chi connectivity index (χ1v) is 6.77. The van der Waals surface area contributed by atoms with Crippen molar-refractivity contribution in [2.45, 2.75) is 26.4 Å². The van der Waals surface area contributed by atoms with E-state index in [4.69, 9.17) is 15.0 Å². The number of hydrazine groups is 1. The molecule has 3 N–H and O–H groups in total. The molecule has 1 amide bonds. The number of hydrogen-bond donors (Lipinski definition) is 2. The zero-order valence-corrected chi connectivity index (χ0v) is 12.0. The summed E-state index contributed by atoms with van der Waals surface area (Å²) in [5.41, 5.74) is 3.76. The lowest BCUT2D eigenvalue weighted by molar-refractivity contribution is 0.0952. The molecule has 112 valence electrons. The van der Waals surface area contributed by atoms with Crippen LogP contribution < -0.4 is 11.3 Å². The number of aryl methyl sites for hydroxylation is 2. The van der Waals surface area contributed by atoms with Crippen molar-refractivity contribution in [2.24, 2.45) is 5.84 Å². The Morgan fingerprint density at radius 3 is 2.90 bits per heavy atom. The Morgan fingerprint density at radius 2 is 2.19 bits per heavy atom. The van der Waals surface area contributed by atoms with Crippen molar-refractivity contribution in [1.82, 2.24) is 10.4 Å². The molecular weight excluding hydrogens is 270 g/mol. The Labute approximate surface area is 123 Å². The highest BCUT2D eigenvalue weighted by Crippen LogP contribution is 2.15. The molecule has 0 fully saturated rings. The zero-order chi connectivity index (χ0) is 15.1. The Bertz CT molecular complexity index is 581. The first kappa shape index (κ1) is 15.2. The fourth-order valence-electron chi connectivity index (χ4n) is 2.02. The summed E-state index contributed by atoms with van der Waals surface area (Å²) in [7, 11) is 0. The second kappa shape index (κ2) is 7.56. The number of hydrogen-bond acceptors (Lipinski definition) is 5. The first-order chi connectivity index (χ1) is 10.2. The van der Waals surface area contributed by atoms with E-state index in [2.05, 4.69) is 10.4 Å². The molecular formula is C15H19N3O3. The van der Waals surface area contributed by atoms with Gasteiger partial charge in [-0.2, -0.15) is 0 Å². The number of furan rings is 1. The molecule has 0 spiro atoms. The Morgan fingerprint density at radius 1 is 1.43 bits per heavy atom. The largest absolute Gasteiger partial charge is 0.463 e. The van der Waals surface area contributed by atoms with Crippen molar-refractivity contribution in [1.29, 1.82) is 0 Å². The van der Waals surface area contributed by atoms with Crippen LogP contribution in [0, 0.1) is 6.92 Å². The number of nitrogens with zero attached hydrogens (tertiary/aromatic N) is 1. The molecule has 0 aliphatic rings. The van der Waals surface area contributed by atoms with Crippen LogP contribution in [0.5, 0.6) is 0 Å². The Kier molecular flexibility index (Phi) is 5.48. The van der Waals surface area contributed by atoms with Crippen molar-refractivity contribution in [3.8, 4) is 0 Å². The van der Waals surface area contributed by atoms with Gasteiger partial charge in [-0.15, -0.1) is 0 Å². The second-order valence-electron chi connectivity index (χ2n) is 4.67. The van der Waals surface area contributed by atoms with Gasteiger partial charge in [0.1, 0.15) is 18.1 Å². The topological polar surface area (TPSA) is 90.4 Å². The van der Waals surface area contributed by atoms with Gasteiger partial charge in [0.05, 0.1) is 5.56 Å². The van der Waals surface area contributed by atoms with Gasteiger partial charge in [0.2, 0.25) is 0 Å². The van der Waals surface area contributed by atoms with Crippen LogP contribution in [0.15, 0.2) is 35.0 Å². The summed E-state index contributed by atoms with van der Waals surface area (Å²) < 4.78 is 11.0. The standard InChI is InChI=1S/C15H19N3O3/c1-11-14(15(19)18-16)9-13(21-11)10-20-8-2-3-12-4-6-17-7-5-12/h4-7,9H,2-3,8,10,16H2,1H3,(H,18,19). The summed E-state index contributed by atoms with van der Waals surface area (Å²) in [4.78, 5) is 15.4. The minimum atomic E-state index is -0.361. The van der Waals surface area contributed by atoms with Gasteiger partial charge in [-0.3, -0.25) is 15.2 Å². The predicted octanol–water partition coefficient (Wildman–Crippen LogP) is 1.74. The molecule has 0 radical (unpaired) electrons. The van der Waals surface area contributed by atoms with Crippen LogP contribution in [-0.4, -0.2) is 17.5 Å². The lowest BCUT2D eigenvalue weighted by atomic mass is 10.1. The van der Waals surface area contributed by atoms with Crippen LogP contribution in [0.3, 0.4) is 0 Å². The second-order valence-corrected chi connectivity index (χ2v) is 4.67. The molecule has 0 bridgehead atoms. The smallest absolute Gasteiger partial charge is 0.268 e. The van der Waals surface area contributed by atoms with E-state index in [1.165, 1.54) is 5.56 Å². The molecule has 0 atom stereocenters. The quantitative estimate of drug-likeness (QED) is 0.350. The molecule has 0 saturated heterocycles. The van der Waals surface area contributed by atoms with E-state index in [0.29, 0.717) is 30.3 Å². The number of pyridine rings is 1. The first-order valence-electron chi connectivity index (χ1n) is 6.77. The highest BCUT2D eigenvalue weighted by atomic mass is 16.5. The number of ether oxygens (including phenoxy) is 1. The molecule has 21 heavy (non-hydrogen) atoms. The van der Waals surface area contributed by atoms with Crippen LogP contribution in [0.2, 0.25) is 0 Å². The third-order valence-electron chi connectivity index (χ3n) is 3.09. The Hall–Kier alpha value is -2.18. The molecule has 6 nitrogen and oxygen atoms in total. The van der Waals surface area contributed by atoms with E-state index >= 15 is 0 Å². The van der Waals surface area contributed by atoms with E-state index in [1.54, 1.807) is 25.4 Å². The predicted molar refractivity (Wildman–Crippen MR) is 77.3 cm³/mol. The van der Waals surface area contributed by atoms with Gasteiger partial charge in [0.25, 0.3) is 5.91 Å². The minimum Gasteiger partial charge on any atom is -0.463 e. The number of nitrogens with one attached hydrogen (secondary N) is 1. The van der Waals surface area contributed by atoms with Crippen LogP contribution in [-0.2, 0) is 17.8 Å². The van der Waals surface area contributed by atoms with Crippen molar-refractivity contribution in [3.05, 3.63) is 53.2 Å². The molecule has 6 heteroatoms. The SMILES string of the molecule is Cc1oc(COCCCc2ccncc2)cc1C(=O)NN. The number of aromatic nitrogens is 1. The monoisotopic (exact) mass is 289 g/mol. The maximum atomic E-state index is 11.4. The molecule has 2 aromatic heterocycles. The molecule has 0 saturated carbocycles. The highest BCUT2D eigenvalue weighted by molar-refractivity contribution is 5.94. The molecule has 2 heterocycles. The van der Waals surface area contributed by atoms with Crippen molar-refractivity contribution in [3.63, 3.8) is 0 Å². The molecule has 0 aromatic carbocycles. The van der Waals surface area contributed by atoms with Gasteiger partial charge < -0.3 is 9.15 Å². The van der Waals surface area contributed by atoms with Gasteiger partial charge >= 0.3 is 0 Å². The zero-order valence-electron chi connectivity index (χ0n) is 12.0. The maximum absolute atomic E-state index is 11.4. The number of nitrogen functional groups attached to an aromatic ring is 1. The molecule has 0 aliphatic heterocycles. The highest BCUT2D eigenvalue weighted by Gasteiger charge is 2.13. The number of carbonyl (C=O) groups excluding carboxylic acids is 1. The lowest BCUT2D eigenvalue weighted by Gasteiger charge is -2.02. The average molecular weight is 289 g/mol. The third-order valence-corrected chi connectivity index (χ3v) is 3.09. The van der Waals surface area contributed by atoms with Gasteiger partial charge in [0, 0.05) is 19.0 Å². The van der Waals surface area contributed by atoms with Crippen molar-refractivity contribution < 1.29 is 13.9 Å². The normalized spacial score (nSPS) is 10.6. The summed E-state index contributed by atoms with van der Waals surface area (Å²) >= 11 is 0. The fourth-order valence-corrected chi connectivity index (χ4v) is 2.02. The van der Waals surface area contributed by atoms with Gasteiger partial charge in [0.15, 0.2) is 0 Å². The van der Waals surface area contributed by atoms with E-state index in [-0.39, 0.29) is 5.91 Å². The van der Waals surface area contributed by atoms with Crippen LogP contribution >= 0.6 is 0 Å². The summed E-state index contributed by atoms with van der Waals surface area (Å²) in [6.45, 7) is 2.69. The van der Waals surface area contributed by atoms with E-state index in [9.17, 15) is 4.79 Å². The number of rotatable bonds is 7. The summed E-state index contributed by atoms with van der Waals surface area (Å²) in [6.07, 6.45) is 5.43. The van der Waals surface area contributed by atoms with Gasteiger partial charge in [-0.1, -0.05) is 0 Å². The van der Waals surface area contributed by atoms with Crippen LogP contribution in [0.25, 0.3) is 0 Å². The van der Waals surface area contributed by atoms with E-state index in [0.717, 1.165) is 12.8 Å². The van der Waals surface area contributed by atoms with Gasteiger partial charge in [-0.05, 0) is 43.5 Å². The van der Waals surface area contributed by atoms with E-state index in [1.807, 2.05) is 12.1 Å². The third kappa shape index (κ3) is 4.40. The summed E-state index contributed by atoms with van der Waals surface area (Å²) in [6, 6.07) is 5.64. The number of nitrogens with two attached hydrogens (primary N) is 1. The number of amides is 1. The minimum absolute atomic E-state index is 0.342. The van der Waals surface area contributed by atoms with Gasteiger partial charge in [-0.25, -0.2) is 5.84 Å². The van der Waals surface area contributed by atoms with Crippen molar-refractivity contribution in [2.75, 3.05) is 6.61 Å². The van der Waals surface area contributed by atoms with Crippen LogP contribution in [0.4, 0.5) is 0 Å². The molecule has 2 rings (SSSR count). The Balaban J connectivity index is 1.73. The molecule has 0 aliphatic carbocycles. The molecule has 0 unspecified atom stereocenters. The summed E-state index contributed by atoms with van der Waals surface area (Å²) in [5.74, 6) is 5.90. The maximum Gasteiger partial charge on any atom is 0.268 e. The number of carbonyl (C=O) groups is 1. The fraction of sp³-hybridized carbons (Fsp3) is 0.333. The van der Waals surface area contributed by atoms with Crippen molar-refractivity contribution >= 4 is 5.91 Å². The summed E-state index contributed by atoms with van der Waals surface area (Å²) in [5, 5.41) is 0. The van der Waals surface area contributed by atoms with E-state index < -0.39 is 0 Å². The molecule has 2 aromatic rings. The average Bonchev–Trinajstić information content (AvgIpc) is 2.88.